The first-order valence-corrected chi connectivity index (χ1v) is 8.14. The Morgan fingerprint density at radius 3 is 2.18 bits per heavy atom. The van der Waals surface area contributed by atoms with Crippen LogP contribution in [0, 0.1) is 11.8 Å². The molecule has 1 saturated heterocycles. The maximum Gasteiger partial charge on any atom is 0.408 e. The highest BCUT2D eigenvalue weighted by Crippen LogP contribution is 2.42. The van der Waals surface area contributed by atoms with E-state index >= 15 is 0 Å². The van der Waals surface area contributed by atoms with Crippen LogP contribution in [0.25, 0.3) is 0 Å². The molecule has 7 heteroatoms. The molecule has 0 aromatic carbocycles. The molecule has 0 aromatic heterocycles. The first kappa shape index (κ1) is 15.9. The lowest BCUT2D eigenvalue weighted by Crippen LogP contribution is -2.57. The number of rotatable bonds is 3. The number of likely N-dealkylation sites (tertiary alicyclic amines) is 1. The second-order valence-electron chi connectivity index (χ2n) is 7.02. The first-order valence-electron chi connectivity index (χ1n) is 8.14. The minimum absolute atomic E-state index is 0.298. The SMILES string of the molecule is O=C(NC(C1CC1)C(F)(F)F)N1CCC(O)(C2CCC2)CC1. The summed E-state index contributed by atoms with van der Waals surface area (Å²) in [4.78, 5) is 13.5. The van der Waals surface area contributed by atoms with E-state index in [0.29, 0.717) is 44.7 Å². The number of hydrogen-bond acceptors (Lipinski definition) is 2. The number of halogens is 3. The number of amides is 2. The Morgan fingerprint density at radius 2 is 1.77 bits per heavy atom. The quantitative estimate of drug-likeness (QED) is 0.840. The van der Waals surface area contributed by atoms with Crippen molar-refractivity contribution in [1.29, 1.82) is 0 Å². The lowest BCUT2D eigenvalue weighted by Gasteiger charge is -2.46. The Kier molecular flexibility index (Phi) is 4.03. The Bertz CT molecular complexity index is 425. The molecular weight excluding hydrogens is 297 g/mol. The molecule has 1 aliphatic heterocycles. The molecule has 2 aliphatic carbocycles. The van der Waals surface area contributed by atoms with Crippen molar-refractivity contribution in [3.8, 4) is 0 Å². The summed E-state index contributed by atoms with van der Waals surface area (Å²) in [7, 11) is 0. The van der Waals surface area contributed by atoms with Gasteiger partial charge in [0.25, 0.3) is 0 Å². The molecule has 3 aliphatic rings. The van der Waals surface area contributed by atoms with Crippen LogP contribution >= 0.6 is 0 Å². The highest BCUT2D eigenvalue weighted by molar-refractivity contribution is 5.74. The normalized spacial score (nSPS) is 27.2. The van der Waals surface area contributed by atoms with Crippen LogP contribution in [0.2, 0.25) is 0 Å². The molecule has 0 aromatic rings. The van der Waals surface area contributed by atoms with Crippen LogP contribution in [0.1, 0.15) is 44.9 Å². The number of carbonyl (C=O) groups excluding carboxylic acids is 1. The monoisotopic (exact) mass is 320 g/mol. The zero-order chi connectivity index (χ0) is 16.0. The minimum Gasteiger partial charge on any atom is -0.389 e. The summed E-state index contributed by atoms with van der Waals surface area (Å²) >= 11 is 0. The number of hydrogen-bond donors (Lipinski definition) is 2. The Balaban J connectivity index is 1.53. The number of piperidine rings is 1. The molecule has 22 heavy (non-hydrogen) atoms. The van der Waals surface area contributed by atoms with Crippen LogP contribution in [0.15, 0.2) is 0 Å². The second kappa shape index (κ2) is 5.58. The van der Waals surface area contributed by atoms with Crippen molar-refractivity contribution in [1.82, 2.24) is 10.2 Å². The Labute approximate surface area is 128 Å². The summed E-state index contributed by atoms with van der Waals surface area (Å²) in [5.41, 5.74) is -0.727. The fraction of sp³-hybridized carbons (Fsp3) is 0.933. The zero-order valence-corrected chi connectivity index (χ0v) is 12.5. The van der Waals surface area contributed by atoms with Crippen molar-refractivity contribution in [2.75, 3.05) is 13.1 Å². The summed E-state index contributed by atoms with van der Waals surface area (Å²) in [5, 5.41) is 12.7. The molecule has 0 spiro atoms. The standard InChI is InChI=1S/C15H23F3N2O2/c16-15(17,18)12(10-4-5-10)19-13(21)20-8-6-14(22,7-9-20)11-2-1-3-11/h10-12,22H,1-9H2,(H,19,21). The number of alkyl halides is 3. The molecule has 3 fully saturated rings. The highest BCUT2D eigenvalue weighted by Gasteiger charge is 2.50. The van der Waals surface area contributed by atoms with Crippen LogP contribution in [-0.2, 0) is 0 Å². The smallest absolute Gasteiger partial charge is 0.389 e. The van der Waals surface area contributed by atoms with Gasteiger partial charge in [-0.15, -0.1) is 0 Å². The first-order chi connectivity index (χ1) is 10.3. The van der Waals surface area contributed by atoms with Gasteiger partial charge in [0.05, 0.1) is 5.60 Å². The Morgan fingerprint density at radius 1 is 1.18 bits per heavy atom. The fourth-order valence-electron chi connectivity index (χ4n) is 3.57. The van der Waals surface area contributed by atoms with Crippen LogP contribution in [-0.4, -0.2) is 46.9 Å². The number of aliphatic hydroxyl groups is 1. The highest BCUT2D eigenvalue weighted by atomic mass is 19.4. The van der Waals surface area contributed by atoms with E-state index in [9.17, 15) is 23.1 Å². The minimum atomic E-state index is -4.39. The van der Waals surface area contributed by atoms with Gasteiger partial charge in [-0.3, -0.25) is 0 Å². The molecule has 2 N–H and O–H groups in total. The van der Waals surface area contributed by atoms with Gasteiger partial charge in [-0.2, -0.15) is 13.2 Å². The van der Waals surface area contributed by atoms with Crippen molar-refractivity contribution in [3.05, 3.63) is 0 Å². The van der Waals surface area contributed by atoms with Crippen molar-refractivity contribution in [3.63, 3.8) is 0 Å². The lowest BCUT2D eigenvalue weighted by molar-refractivity contribution is -0.158. The molecule has 4 nitrogen and oxygen atoms in total. The topological polar surface area (TPSA) is 52.6 Å². The molecule has 1 heterocycles. The molecule has 3 rings (SSSR count). The summed E-state index contributed by atoms with van der Waals surface area (Å²) < 4.78 is 38.8. The van der Waals surface area contributed by atoms with E-state index in [4.69, 9.17) is 0 Å². The largest absolute Gasteiger partial charge is 0.408 e. The average Bonchev–Trinajstić information content (AvgIpc) is 3.16. The van der Waals surface area contributed by atoms with Crippen molar-refractivity contribution < 1.29 is 23.1 Å². The van der Waals surface area contributed by atoms with Crippen LogP contribution in [0.3, 0.4) is 0 Å². The van der Waals surface area contributed by atoms with Gasteiger partial charge in [0.2, 0.25) is 0 Å². The third-order valence-corrected chi connectivity index (χ3v) is 5.51. The van der Waals surface area contributed by atoms with E-state index in [0.717, 1.165) is 19.3 Å². The van der Waals surface area contributed by atoms with Crippen molar-refractivity contribution >= 4 is 6.03 Å². The predicted molar refractivity (Wildman–Crippen MR) is 74.2 cm³/mol. The van der Waals surface area contributed by atoms with Crippen LogP contribution in [0.4, 0.5) is 18.0 Å². The van der Waals surface area contributed by atoms with Gasteiger partial charge < -0.3 is 15.3 Å². The summed E-state index contributed by atoms with van der Waals surface area (Å²) in [5.74, 6) is -0.173. The third-order valence-electron chi connectivity index (χ3n) is 5.51. The fourth-order valence-corrected chi connectivity index (χ4v) is 3.57. The summed E-state index contributed by atoms with van der Waals surface area (Å²) in [6.07, 6.45) is 0.736. The van der Waals surface area contributed by atoms with Gasteiger partial charge in [0.1, 0.15) is 6.04 Å². The van der Waals surface area contributed by atoms with Crippen LogP contribution < -0.4 is 5.32 Å². The molecule has 2 saturated carbocycles. The van der Waals surface area contributed by atoms with E-state index in [2.05, 4.69) is 5.32 Å². The maximum atomic E-state index is 12.9. The average molecular weight is 320 g/mol. The van der Waals surface area contributed by atoms with Crippen molar-refractivity contribution in [2.45, 2.75) is 62.8 Å². The van der Waals surface area contributed by atoms with Gasteiger partial charge in [-0.25, -0.2) is 4.79 Å². The van der Waals surface area contributed by atoms with Gasteiger partial charge in [0, 0.05) is 13.1 Å². The number of urea groups is 1. The van der Waals surface area contributed by atoms with E-state index < -0.39 is 29.8 Å². The molecule has 1 unspecified atom stereocenters. The van der Waals surface area contributed by atoms with Gasteiger partial charge in [0.15, 0.2) is 0 Å². The second-order valence-corrected chi connectivity index (χ2v) is 7.02. The molecule has 2 amide bonds. The summed E-state index contributed by atoms with van der Waals surface area (Å²) in [6, 6.07) is -2.38. The number of nitrogens with one attached hydrogen (secondary N) is 1. The van der Waals surface area contributed by atoms with E-state index in [1.165, 1.54) is 4.90 Å². The van der Waals surface area contributed by atoms with Gasteiger partial charge in [-0.05, 0) is 50.4 Å². The molecule has 1 atom stereocenters. The molecular formula is C15H23F3N2O2. The molecule has 0 radical (unpaired) electrons. The van der Waals surface area contributed by atoms with E-state index in [1.54, 1.807) is 0 Å². The number of carbonyl (C=O) groups is 1. The zero-order valence-electron chi connectivity index (χ0n) is 12.5. The Hall–Kier alpha value is -0.980. The third kappa shape index (κ3) is 3.19. The predicted octanol–water partition coefficient (Wildman–Crippen LogP) is 2.66. The van der Waals surface area contributed by atoms with E-state index in [-0.39, 0.29) is 0 Å². The number of nitrogens with zero attached hydrogens (tertiary/aromatic N) is 1. The maximum absolute atomic E-state index is 12.9. The van der Waals surface area contributed by atoms with Crippen molar-refractivity contribution in [2.24, 2.45) is 11.8 Å². The molecule has 126 valence electrons. The molecule has 0 bridgehead atoms. The van der Waals surface area contributed by atoms with Gasteiger partial charge >= 0.3 is 12.2 Å². The van der Waals surface area contributed by atoms with Gasteiger partial charge in [-0.1, -0.05) is 6.42 Å². The van der Waals surface area contributed by atoms with E-state index in [1.807, 2.05) is 0 Å². The van der Waals surface area contributed by atoms with Crippen LogP contribution in [0.5, 0.6) is 0 Å². The summed E-state index contributed by atoms with van der Waals surface area (Å²) in [6.45, 7) is 0.655. The lowest BCUT2D eigenvalue weighted by atomic mass is 9.69.